The maximum atomic E-state index is 12.2. The van der Waals surface area contributed by atoms with Crippen LogP contribution in [0.2, 0.25) is 0 Å². The summed E-state index contributed by atoms with van der Waals surface area (Å²) in [4.78, 5) is 35.1. The third-order valence-electron chi connectivity index (χ3n) is 3.62. The maximum Gasteiger partial charge on any atom is 0.308 e. The summed E-state index contributed by atoms with van der Waals surface area (Å²) in [5, 5.41) is 11.8. The number of amides is 2. The van der Waals surface area contributed by atoms with Gasteiger partial charge in [0.05, 0.1) is 12.0 Å². The van der Waals surface area contributed by atoms with E-state index in [0.29, 0.717) is 12.2 Å². The number of benzene rings is 1. The van der Waals surface area contributed by atoms with Gasteiger partial charge in [0.1, 0.15) is 6.04 Å². The van der Waals surface area contributed by atoms with Gasteiger partial charge < -0.3 is 21.9 Å². The number of nitrogens with two attached hydrogens (primary N) is 2. The minimum absolute atomic E-state index is 0.122. The standard InChI is InChI=1S/C16H23N3O4S/c1-24-8-7-12(14(18)20)19-15(21)13(17)11(16(22)23)9-10-5-3-2-4-6-10/h2-6,11-13H,7-9,17H2,1H3,(H2,18,20)(H,19,21)(H,22,23). The molecule has 2 amide bonds. The molecule has 6 N–H and O–H groups in total. The zero-order valence-corrected chi connectivity index (χ0v) is 14.3. The lowest BCUT2D eigenvalue weighted by atomic mass is 9.92. The van der Waals surface area contributed by atoms with Crippen LogP contribution in [0.4, 0.5) is 0 Å². The van der Waals surface area contributed by atoms with Gasteiger partial charge in [-0.2, -0.15) is 11.8 Å². The van der Waals surface area contributed by atoms with Crippen molar-refractivity contribution in [3.05, 3.63) is 35.9 Å². The molecule has 3 unspecified atom stereocenters. The molecule has 7 nitrogen and oxygen atoms in total. The quantitative estimate of drug-likeness (QED) is 0.467. The summed E-state index contributed by atoms with van der Waals surface area (Å²) in [6.07, 6.45) is 2.36. The third-order valence-corrected chi connectivity index (χ3v) is 4.27. The van der Waals surface area contributed by atoms with Gasteiger partial charge in [-0.15, -0.1) is 0 Å². The van der Waals surface area contributed by atoms with Gasteiger partial charge in [-0.25, -0.2) is 0 Å². The number of thioether (sulfide) groups is 1. The number of carbonyl (C=O) groups is 3. The highest BCUT2D eigenvalue weighted by Crippen LogP contribution is 2.13. The summed E-state index contributed by atoms with van der Waals surface area (Å²) >= 11 is 1.51. The molecule has 1 aromatic rings. The molecule has 0 saturated heterocycles. The van der Waals surface area contributed by atoms with Crippen molar-refractivity contribution in [3.63, 3.8) is 0 Å². The van der Waals surface area contributed by atoms with Crippen LogP contribution in [-0.4, -0.2) is 47.0 Å². The Morgan fingerprint density at radius 1 is 1.25 bits per heavy atom. The van der Waals surface area contributed by atoms with Gasteiger partial charge in [-0.05, 0) is 30.4 Å². The highest BCUT2D eigenvalue weighted by atomic mass is 32.2. The number of carboxylic acids is 1. The number of hydrogen-bond donors (Lipinski definition) is 4. The van der Waals surface area contributed by atoms with Crippen LogP contribution in [-0.2, 0) is 20.8 Å². The van der Waals surface area contributed by atoms with Crippen molar-refractivity contribution in [3.8, 4) is 0 Å². The zero-order chi connectivity index (χ0) is 18.1. The van der Waals surface area contributed by atoms with Crippen molar-refractivity contribution in [2.24, 2.45) is 17.4 Å². The van der Waals surface area contributed by atoms with Crippen molar-refractivity contribution in [1.82, 2.24) is 5.32 Å². The number of nitrogens with one attached hydrogen (secondary N) is 1. The lowest BCUT2D eigenvalue weighted by Gasteiger charge is -2.22. The van der Waals surface area contributed by atoms with Crippen molar-refractivity contribution in [1.29, 1.82) is 0 Å². The molecule has 0 heterocycles. The normalized spacial score (nSPS) is 14.4. The maximum absolute atomic E-state index is 12.2. The van der Waals surface area contributed by atoms with Crippen LogP contribution in [0, 0.1) is 5.92 Å². The fourth-order valence-corrected chi connectivity index (χ4v) is 2.68. The summed E-state index contributed by atoms with van der Waals surface area (Å²) in [6, 6.07) is 6.78. The molecule has 0 aliphatic carbocycles. The number of rotatable bonds is 10. The molecule has 1 rings (SSSR count). The third kappa shape index (κ3) is 6.21. The predicted molar refractivity (Wildman–Crippen MR) is 93.4 cm³/mol. The van der Waals surface area contributed by atoms with E-state index in [1.54, 1.807) is 24.3 Å². The summed E-state index contributed by atoms with van der Waals surface area (Å²) in [7, 11) is 0. The Labute approximate surface area is 145 Å². The number of carbonyl (C=O) groups excluding carboxylic acids is 2. The Morgan fingerprint density at radius 3 is 2.38 bits per heavy atom. The molecule has 132 valence electrons. The van der Waals surface area contributed by atoms with E-state index in [9.17, 15) is 19.5 Å². The highest BCUT2D eigenvalue weighted by Gasteiger charge is 2.32. The predicted octanol–water partition coefficient (Wildman–Crippen LogP) is -0.0196. The Hall–Kier alpha value is -2.06. The first-order valence-electron chi connectivity index (χ1n) is 7.47. The molecule has 0 bridgehead atoms. The monoisotopic (exact) mass is 353 g/mol. The van der Waals surface area contributed by atoms with Crippen LogP contribution in [0.1, 0.15) is 12.0 Å². The van der Waals surface area contributed by atoms with E-state index in [0.717, 1.165) is 5.56 Å². The van der Waals surface area contributed by atoms with E-state index in [1.165, 1.54) is 11.8 Å². The zero-order valence-electron chi connectivity index (χ0n) is 13.5. The van der Waals surface area contributed by atoms with E-state index in [1.807, 2.05) is 12.3 Å². The summed E-state index contributed by atoms with van der Waals surface area (Å²) in [6.45, 7) is 0. The Balaban J connectivity index is 2.78. The van der Waals surface area contributed by atoms with Crippen LogP contribution >= 0.6 is 11.8 Å². The number of hydrogen-bond acceptors (Lipinski definition) is 5. The topological polar surface area (TPSA) is 136 Å². The molecule has 8 heteroatoms. The van der Waals surface area contributed by atoms with Crippen LogP contribution < -0.4 is 16.8 Å². The van der Waals surface area contributed by atoms with Crippen molar-refractivity contribution in [2.75, 3.05) is 12.0 Å². The summed E-state index contributed by atoms with van der Waals surface area (Å²) in [5.41, 5.74) is 11.9. The van der Waals surface area contributed by atoms with Gasteiger partial charge in [-0.1, -0.05) is 30.3 Å². The molecule has 0 radical (unpaired) electrons. The average molecular weight is 353 g/mol. The Kier molecular flexibility index (Phi) is 8.28. The number of primary amides is 1. The first-order chi connectivity index (χ1) is 11.4. The molecule has 1 aromatic carbocycles. The van der Waals surface area contributed by atoms with Gasteiger partial charge in [0.2, 0.25) is 11.8 Å². The van der Waals surface area contributed by atoms with Gasteiger partial charge in [0, 0.05) is 0 Å². The molecule has 3 atom stereocenters. The second kappa shape index (κ2) is 9.94. The Morgan fingerprint density at radius 2 is 1.88 bits per heavy atom. The van der Waals surface area contributed by atoms with E-state index in [2.05, 4.69) is 5.32 Å². The fraction of sp³-hybridized carbons (Fsp3) is 0.438. The molecule has 0 aliphatic rings. The Bertz CT molecular complexity index is 568. The molecule has 0 aromatic heterocycles. The van der Waals surface area contributed by atoms with Gasteiger partial charge >= 0.3 is 5.97 Å². The van der Waals surface area contributed by atoms with Gasteiger partial charge in [-0.3, -0.25) is 14.4 Å². The summed E-state index contributed by atoms with van der Waals surface area (Å²) in [5.74, 6) is -2.99. The molecular weight excluding hydrogens is 330 g/mol. The first-order valence-corrected chi connectivity index (χ1v) is 8.87. The number of carboxylic acid groups (broad SMARTS) is 1. The van der Waals surface area contributed by atoms with Gasteiger partial charge in [0.25, 0.3) is 0 Å². The lowest BCUT2D eigenvalue weighted by Crippen LogP contribution is -2.54. The highest BCUT2D eigenvalue weighted by molar-refractivity contribution is 7.98. The van der Waals surface area contributed by atoms with Crippen molar-refractivity contribution >= 4 is 29.5 Å². The lowest BCUT2D eigenvalue weighted by molar-refractivity contribution is -0.145. The van der Waals surface area contributed by atoms with E-state index in [-0.39, 0.29) is 6.42 Å². The van der Waals surface area contributed by atoms with E-state index in [4.69, 9.17) is 11.5 Å². The summed E-state index contributed by atoms with van der Waals surface area (Å²) < 4.78 is 0. The second-order valence-corrected chi connectivity index (χ2v) is 6.39. The smallest absolute Gasteiger partial charge is 0.308 e. The molecule has 0 saturated carbocycles. The van der Waals surface area contributed by atoms with Crippen LogP contribution in [0.25, 0.3) is 0 Å². The molecular formula is C16H23N3O4S. The van der Waals surface area contributed by atoms with Gasteiger partial charge in [0.15, 0.2) is 0 Å². The minimum atomic E-state index is -1.28. The largest absolute Gasteiger partial charge is 0.481 e. The van der Waals surface area contributed by atoms with Crippen LogP contribution in [0.5, 0.6) is 0 Å². The number of aliphatic carboxylic acids is 1. The van der Waals surface area contributed by atoms with Crippen molar-refractivity contribution < 1.29 is 19.5 Å². The SMILES string of the molecule is CSCCC(NC(=O)C(N)C(Cc1ccccc1)C(=O)O)C(N)=O. The fourth-order valence-electron chi connectivity index (χ4n) is 2.21. The minimum Gasteiger partial charge on any atom is -0.481 e. The van der Waals surface area contributed by atoms with E-state index < -0.39 is 35.8 Å². The second-order valence-electron chi connectivity index (χ2n) is 5.41. The molecule has 24 heavy (non-hydrogen) atoms. The first kappa shape index (κ1) is 20.0. The van der Waals surface area contributed by atoms with Crippen LogP contribution in [0.15, 0.2) is 30.3 Å². The molecule has 0 spiro atoms. The van der Waals surface area contributed by atoms with Crippen LogP contribution in [0.3, 0.4) is 0 Å². The average Bonchev–Trinajstić information content (AvgIpc) is 2.56. The van der Waals surface area contributed by atoms with Crippen molar-refractivity contribution in [2.45, 2.75) is 24.9 Å². The molecule has 0 fully saturated rings. The van der Waals surface area contributed by atoms with E-state index >= 15 is 0 Å². The molecule has 0 aliphatic heterocycles.